The summed E-state index contributed by atoms with van der Waals surface area (Å²) < 4.78 is 7.09. The van der Waals surface area contributed by atoms with Crippen LogP contribution in [-0.2, 0) is 0 Å². The van der Waals surface area contributed by atoms with Crippen LogP contribution in [0.1, 0.15) is 29.6 Å². The zero-order chi connectivity index (χ0) is 17.4. The minimum atomic E-state index is 0.00762. The lowest BCUT2D eigenvalue weighted by atomic mass is 9.93. The zero-order valence-electron chi connectivity index (χ0n) is 13.7. The lowest BCUT2D eigenvalue weighted by Crippen LogP contribution is -2.28. The molecule has 0 saturated heterocycles. The van der Waals surface area contributed by atoms with Crippen LogP contribution in [0.3, 0.4) is 0 Å². The molecule has 0 fully saturated rings. The van der Waals surface area contributed by atoms with Crippen LogP contribution in [0.25, 0.3) is 0 Å². The van der Waals surface area contributed by atoms with Gasteiger partial charge in [0.25, 0.3) is 0 Å². The van der Waals surface area contributed by atoms with Crippen molar-refractivity contribution >= 4 is 23.5 Å². The molecule has 1 aliphatic heterocycles. The van der Waals surface area contributed by atoms with E-state index in [2.05, 4.69) is 15.4 Å². The maximum absolute atomic E-state index is 6.40. The van der Waals surface area contributed by atoms with Gasteiger partial charge in [0.2, 0.25) is 11.9 Å². The molecule has 2 heterocycles. The van der Waals surface area contributed by atoms with Crippen LogP contribution in [-0.4, -0.2) is 21.9 Å². The van der Waals surface area contributed by atoms with Crippen LogP contribution in [0.5, 0.6) is 5.75 Å². The van der Waals surface area contributed by atoms with Crippen molar-refractivity contribution in [3.8, 4) is 5.75 Å². The number of anilines is 2. The lowest BCUT2D eigenvalue weighted by Gasteiger charge is -2.32. The van der Waals surface area contributed by atoms with Crippen LogP contribution >= 0.6 is 11.6 Å². The number of benzene rings is 2. The molecule has 0 bridgehead atoms. The molecule has 1 aromatic heterocycles. The van der Waals surface area contributed by atoms with Gasteiger partial charge >= 0.3 is 0 Å². The third kappa shape index (κ3) is 2.89. The van der Waals surface area contributed by atoms with E-state index in [4.69, 9.17) is 22.1 Å². The Bertz CT molecular complexity index is 893. The molecule has 0 saturated carbocycles. The second-order valence-electron chi connectivity index (χ2n) is 5.98. The van der Waals surface area contributed by atoms with Crippen molar-refractivity contribution in [3.63, 3.8) is 0 Å². The van der Waals surface area contributed by atoms with E-state index in [1.807, 2.05) is 53.2 Å². The Morgan fingerprint density at radius 1 is 1.20 bits per heavy atom. The Hall–Kier alpha value is -2.73. The van der Waals surface area contributed by atoms with Crippen LogP contribution in [0.2, 0.25) is 5.02 Å². The summed E-state index contributed by atoms with van der Waals surface area (Å²) in [5.41, 5.74) is 7.98. The second-order valence-corrected chi connectivity index (χ2v) is 6.39. The van der Waals surface area contributed by atoms with Gasteiger partial charge in [-0.05, 0) is 35.7 Å². The molecule has 4 rings (SSSR count). The van der Waals surface area contributed by atoms with Crippen LogP contribution in [0, 0.1) is 0 Å². The van der Waals surface area contributed by atoms with Crippen molar-refractivity contribution in [2.24, 2.45) is 0 Å². The fourth-order valence-corrected chi connectivity index (χ4v) is 3.53. The summed E-state index contributed by atoms with van der Waals surface area (Å²) in [6.07, 6.45) is 0.784. The van der Waals surface area contributed by atoms with Crippen molar-refractivity contribution in [3.05, 3.63) is 64.7 Å². The summed E-state index contributed by atoms with van der Waals surface area (Å²) in [5, 5.41) is 8.49. The highest BCUT2D eigenvalue weighted by molar-refractivity contribution is 6.31. The average molecular weight is 356 g/mol. The first kappa shape index (κ1) is 15.8. The van der Waals surface area contributed by atoms with Gasteiger partial charge in [0.1, 0.15) is 5.75 Å². The summed E-state index contributed by atoms with van der Waals surface area (Å²) >= 11 is 6.40. The topological polar surface area (TPSA) is 78.0 Å². The van der Waals surface area contributed by atoms with E-state index in [0.717, 1.165) is 28.3 Å². The number of nitrogens with zero attached hydrogens (tertiary/aromatic N) is 3. The molecule has 0 aliphatic carbocycles. The summed E-state index contributed by atoms with van der Waals surface area (Å²) in [5.74, 6) is 1.72. The van der Waals surface area contributed by atoms with E-state index in [0.29, 0.717) is 5.95 Å². The molecule has 0 radical (unpaired) electrons. The van der Waals surface area contributed by atoms with Gasteiger partial charge in [0, 0.05) is 5.02 Å². The fraction of sp³-hybridized carbons (Fsp3) is 0.222. The molecule has 7 heteroatoms. The van der Waals surface area contributed by atoms with Crippen LogP contribution < -0.4 is 15.8 Å². The average Bonchev–Trinajstić information content (AvgIpc) is 3.01. The van der Waals surface area contributed by atoms with Crippen LogP contribution in [0.15, 0.2) is 48.5 Å². The molecule has 3 aromatic rings. The van der Waals surface area contributed by atoms with Gasteiger partial charge in [-0.1, -0.05) is 41.9 Å². The largest absolute Gasteiger partial charge is 0.497 e. The molecule has 128 valence electrons. The van der Waals surface area contributed by atoms with Gasteiger partial charge < -0.3 is 15.8 Å². The number of nitrogen functional groups attached to an aromatic ring is 1. The molecular weight excluding hydrogens is 338 g/mol. The fourth-order valence-electron chi connectivity index (χ4n) is 3.26. The van der Waals surface area contributed by atoms with Gasteiger partial charge in [-0.2, -0.15) is 4.98 Å². The number of halogens is 1. The predicted molar refractivity (Wildman–Crippen MR) is 98.0 cm³/mol. The second kappa shape index (κ2) is 6.29. The third-order valence-electron chi connectivity index (χ3n) is 4.49. The smallest absolute Gasteiger partial charge is 0.241 e. The molecule has 3 N–H and O–H groups in total. The maximum Gasteiger partial charge on any atom is 0.241 e. The quantitative estimate of drug-likeness (QED) is 0.749. The number of nitrogens with one attached hydrogen (secondary N) is 1. The highest BCUT2D eigenvalue weighted by Crippen LogP contribution is 2.40. The van der Waals surface area contributed by atoms with E-state index in [-0.39, 0.29) is 18.0 Å². The van der Waals surface area contributed by atoms with Crippen molar-refractivity contribution in [1.29, 1.82) is 0 Å². The molecular formula is C18H18ClN5O. The Kier molecular flexibility index (Phi) is 3.97. The molecule has 0 spiro atoms. The van der Waals surface area contributed by atoms with Gasteiger partial charge in [0.15, 0.2) is 0 Å². The third-order valence-corrected chi connectivity index (χ3v) is 4.83. The number of aromatic nitrogens is 3. The summed E-state index contributed by atoms with van der Waals surface area (Å²) in [6, 6.07) is 15.8. The molecule has 0 amide bonds. The molecule has 6 nitrogen and oxygen atoms in total. The van der Waals surface area contributed by atoms with Crippen molar-refractivity contribution in [2.45, 2.75) is 18.5 Å². The molecule has 25 heavy (non-hydrogen) atoms. The molecule has 1 aliphatic rings. The predicted octanol–water partition coefficient (Wildman–Crippen LogP) is 3.67. The van der Waals surface area contributed by atoms with E-state index >= 15 is 0 Å². The first-order valence-electron chi connectivity index (χ1n) is 8.02. The highest BCUT2D eigenvalue weighted by Gasteiger charge is 2.31. The first-order chi connectivity index (χ1) is 12.2. The number of rotatable bonds is 3. The summed E-state index contributed by atoms with van der Waals surface area (Å²) in [7, 11) is 1.66. The number of nitrogens with two attached hydrogens (primary N) is 1. The highest BCUT2D eigenvalue weighted by atomic mass is 35.5. The standard InChI is InChI=1S/C18H18ClN5O/c1-25-12-8-6-11(7-9-12)16-10-15(13-4-2-3-5-14(13)19)21-18-22-17(20)23-24(16)18/h2-9,15-16H,10H2,1H3,(H3,20,21,22,23). The van der Waals surface area contributed by atoms with E-state index < -0.39 is 0 Å². The van der Waals surface area contributed by atoms with E-state index in [1.54, 1.807) is 7.11 Å². The number of hydrogen-bond acceptors (Lipinski definition) is 5. The zero-order valence-corrected chi connectivity index (χ0v) is 14.4. The Morgan fingerprint density at radius 3 is 2.68 bits per heavy atom. The van der Waals surface area contributed by atoms with E-state index in [9.17, 15) is 0 Å². The number of hydrogen-bond donors (Lipinski definition) is 2. The van der Waals surface area contributed by atoms with Gasteiger partial charge in [0.05, 0.1) is 19.2 Å². The monoisotopic (exact) mass is 355 g/mol. The summed E-state index contributed by atoms with van der Waals surface area (Å²) in [4.78, 5) is 4.32. The minimum Gasteiger partial charge on any atom is -0.497 e. The molecule has 2 aromatic carbocycles. The lowest BCUT2D eigenvalue weighted by molar-refractivity contribution is 0.411. The molecule has 2 unspecified atom stereocenters. The normalized spacial score (nSPS) is 19.1. The Morgan fingerprint density at radius 2 is 1.96 bits per heavy atom. The van der Waals surface area contributed by atoms with Crippen LogP contribution in [0.4, 0.5) is 11.9 Å². The van der Waals surface area contributed by atoms with E-state index in [1.165, 1.54) is 0 Å². The van der Waals surface area contributed by atoms with Gasteiger partial charge in [-0.3, -0.25) is 0 Å². The van der Waals surface area contributed by atoms with Crippen molar-refractivity contribution in [1.82, 2.24) is 14.8 Å². The van der Waals surface area contributed by atoms with Crippen molar-refractivity contribution < 1.29 is 4.74 Å². The Balaban J connectivity index is 1.75. The first-order valence-corrected chi connectivity index (χ1v) is 8.40. The van der Waals surface area contributed by atoms with Crippen molar-refractivity contribution in [2.75, 3.05) is 18.2 Å². The SMILES string of the molecule is COc1ccc(C2CC(c3ccccc3Cl)Nc3nc(N)nn32)cc1. The number of fused-ring (bicyclic) bond motifs is 1. The maximum atomic E-state index is 6.40. The number of ether oxygens (including phenoxy) is 1. The molecule has 2 atom stereocenters. The minimum absolute atomic E-state index is 0.00762. The number of methoxy groups -OCH3 is 1. The van der Waals surface area contributed by atoms with Gasteiger partial charge in [-0.15, -0.1) is 5.10 Å². The van der Waals surface area contributed by atoms with Gasteiger partial charge in [-0.25, -0.2) is 4.68 Å². The Labute approximate surface area is 150 Å². The summed E-state index contributed by atoms with van der Waals surface area (Å²) in [6.45, 7) is 0.